The first kappa shape index (κ1) is 14.7. The summed E-state index contributed by atoms with van der Waals surface area (Å²) in [4.78, 5) is 2.39. The minimum Gasteiger partial charge on any atom is -0.377 e. The summed E-state index contributed by atoms with van der Waals surface area (Å²) < 4.78 is 9.77. The molecule has 1 aromatic rings. The molecule has 19 heavy (non-hydrogen) atoms. The molecule has 2 heterocycles. The number of hydrogen-bond donors (Lipinski definition) is 1. The molecule has 2 rings (SSSR count). The lowest BCUT2D eigenvalue weighted by Crippen LogP contribution is -2.32. The standard InChI is InChI=1S/C13H24N4OS/c1-3-7-14-13-12(15-16-19-13)10-17(4-2)9-11-6-5-8-18-11/h11,14H,3-10H2,1-2H3. The highest BCUT2D eigenvalue weighted by atomic mass is 32.1. The van der Waals surface area contributed by atoms with Gasteiger partial charge in [-0.2, -0.15) is 0 Å². The number of nitrogens with zero attached hydrogens (tertiary/aromatic N) is 3. The van der Waals surface area contributed by atoms with Gasteiger partial charge < -0.3 is 10.1 Å². The predicted molar refractivity (Wildman–Crippen MR) is 78.6 cm³/mol. The summed E-state index contributed by atoms with van der Waals surface area (Å²) in [6.07, 6.45) is 3.90. The molecule has 5 nitrogen and oxygen atoms in total. The Morgan fingerprint density at radius 3 is 3.05 bits per heavy atom. The van der Waals surface area contributed by atoms with Crippen molar-refractivity contribution in [2.75, 3.05) is 31.6 Å². The molecule has 0 spiro atoms. The van der Waals surface area contributed by atoms with Gasteiger partial charge in [-0.25, -0.2) is 0 Å². The molecule has 0 saturated carbocycles. The Morgan fingerprint density at radius 2 is 2.37 bits per heavy atom. The van der Waals surface area contributed by atoms with Crippen molar-refractivity contribution in [2.45, 2.75) is 45.8 Å². The van der Waals surface area contributed by atoms with Crippen LogP contribution in [0.25, 0.3) is 0 Å². The number of likely N-dealkylation sites (N-methyl/N-ethyl adjacent to an activating group) is 1. The van der Waals surface area contributed by atoms with Crippen LogP contribution < -0.4 is 5.32 Å². The molecule has 0 aliphatic carbocycles. The summed E-state index contributed by atoms with van der Waals surface area (Å²) in [6.45, 7) is 9.13. The molecule has 0 aromatic carbocycles. The van der Waals surface area contributed by atoms with Gasteiger partial charge in [0.05, 0.1) is 6.10 Å². The molecule has 1 saturated heterocycles. The normalized spacial score (nSPS) is 19.2. The SMILES string of the molecule is CCCNc1snnc1CN(CC)CC1CCCO1. The third-order valence-electron chi connectivity index (χ3n) is 3.40. The molecule has 1 atom stereocenters. The van der Waals surface area contributed by atoms with Crippen LogP contribution >= 0.6 is 11.5 Å². The Hall–Kier alpha value is -0.720. The van der Waals surface area contributed by atoms with Gasteiger partial charge in [-0.3, -0.25) is 4.90 Å². The van der Waals surface area contributed by atoms with Crippen LogP contribution in [0.15, 0.2) is 0 Å². The van der Waals surface area contributed by atoms with Crippen LogP contribution in [0.1, 0.15) is 38.8 Å². The van der Waals surface area contributed by atoms with Gasteiger partial charge in [0.2, 0.25) is 0 Å². The maximum Gasteiger partial charge on any atom is 0.134 e. The lowest BCUT2D eigenvalue weighted by atomic mass is 10.2. The summed E-state index contributed by atoms with van der Waals surface area (Å²) in [5, 5.41) is 8.77. The lowest BCUT2D eigenvalue weighted by molar-refractivity contribution is 0.0721. The summed E-state index contributed by atoms with van der Waals surface area (Å²) in [5.41, 5.74) is 1.07. The third-order valence-corrected chi connectivity index (χ3v) is 4.12. The first-order valence-corrected chi connectivity index (χ1v) is 7.99. The molecule has 0 amide bonds. The minimum absolute atomic E-state index is 0.401. The molecule has 108 valence electrons. The van der Waals surface area contributed by atoms with Crippen LogP contribution in [0.3, 0.4) is 0 Å². The lowest BCUT2D eigenvalue weighted by Gasteiger charge is -2.23. The maximum absolute atomic E-state index is 5.71. The van der Waals surface area contributed by atoms with Crippen LogP contribution in [0.2, 0.25) is 0 Å². The van der Waals surface area contributed by atoms with Crippen LogP contribution in [-0.2, 0) is 11.3 Å². The van der Waals surface area contributed by atoms with Crippen molar-refractivity contribution >= 4 is 16.5 Å². The van der Waals surface area contributed by atoms with Crippen molar-refractivity contribution in [1.29, 1.82) is 0 Å². The van der Waals surface area contributed by atoms with Crippen molar-refractivity contribution in [3.8, 4) is 0 Å². The number of ether oxygens (including phenoxy) is 1. The molecule has 1 N–H and O–H groups in total. The molecule has 6 heteroatoms. The highest BCUT2D eigenvalue weighted by molar-refractivity contribution is 7.10. The van der Waals surface area contributed by atoms with E-state index < -0.39 is 0 Å². The number of nitrogens with one attached hydrogen (secondary N) is 1. The van der Waals surface area contributed by atoms with Crippen molar-refractivity contribution in [3.05, 3.63) is 5.69 Å². The van der Waals surface area contributed by atoms with Gasteiger partial charge in [-0.1, -0.05) is 18.3 Å². The van der Waals surface area contributed by atoms with Crippen molar-refractivity contribution in [1.82, 2.24) is 14.5 Å². The van der Waals surface area contributed by atoms with Gasteiger partial charge in [-0.15, -0.1) is 5.10 Å². The second-order valence-electron chi connectivity index (χ2n) is 4.94. The smallest absolute Gasteiger partial charge is 0.134 e. The van der Waals surface area contributed by atoms with E-state index >= 15 is 0 Å². The topological polar surface area (TPSA) is 50.3 Å². The molecule has 1 aromatic heterocycles. The highest BCUT2D eigenvalue weighted by Crippen LogP contribution is 2.20. The number of anilines is 1. The average molecular weight is 284 g/mol. The summed E-state index contributed by atoms with van der Waals surface area (Å²) in [6, 6.07) is 0. The molecule has 1 aliphatic heterocycles. The Bertz CT molecular complexity index is 365. The summed E-state index contributed by atoms with van der Waals surface area (Å²) >= 11 is 1.45. The van der Waals surface area contributed by atoms with E-state index in [0.717, 1.165) is 49.9 Å². The van der Waals surface area contributed by atoms with Gasteiger partial charge in [-0.05, 0) is 25.8 Å². The van der Waals surface area contributed by atoms with E-state index in [0.29, 0.717) is 6.10 Å². The Labute approximate surface area is 119 Å². The van der Waals surface area contributed by atoms with Crippen molar-refractivity contribution in [3.63, 3.8) is 0 Å². The van der Waals surface area contributed by atoms with Crippen LogP contribution in [0.5, 0.6) is 0 Å². The Morgan fingerprint density at radius 1 is 1.47 bits per heavy atom. The first-order valence-electron chi connectivity index (χ1n) is 7.22. The highest BCUT2D eigenvalue weighted by Gasteiger charge is 2.20. The average Bonchev–Trinajstić information content (AvgIpc) is 3.07. The largest absolute Gasteiger partial charge is 0.377 e. The minimum atomic E-state index is 0.401. The van der Waals surface area contributed by atoms with Crippen LogP contribution in [-0.4, -0.2) is 46.8 Å². The molecule has 0 radical (unpaired) electrons. The maximum atomic E-state index is 5.71. The first-order chi connectivity index (χ1) is 9.33. The molecule has 1 fully saturated rings. The van der Waals surface area contributed by atoms with E-state index in [1.807, 2.05) is 0 Å². The molecular weight excluding hydrogens is 260 g/mol. The van der Waals surface area contributed by atoms with Gasteiger partial charge >= 0.3 is 0 Å². The van der Waals surface area contributed by atoms with Gasteiger partial charge in [0.25, 0.3) is 0 Å². The summed E-state index contributed by atoms with van der Waals surface area (Å²) in [5.74, 6) is 0. The number of rotatable bonds is 8. The van der Waals surface area contributed by atoms with E-state index in [4.69, 9.17) is 4.74 Å². The Balaban J connectivity index is 1.87. The van der Waals surface area contributed by atoms with E-state index in [1.165, 1.54) is 24.4 Å². The van der Waals surface area contributed by atoms with Crippen LogP contribution in [0, 0.1) is 0 Å². The zero-order chi connectivity index (χ0) is 13.5. The second kappa shape index (κ2) is 7.77. The molecular formula is C13H24N4OS. The third kappa shape index (κ3) is 4.40. The fraction of sp³-hybridized carbons (Fsp3) is 0.846. The summed E-state index contributed by atoms with van der Waals surface area (Å²) in [7, 11) is 0. The number of aromatic nitrogens is 2. The second-order valence-corrected chi connectivity index (χ2v) is 5.69. The van der Waals surface area contributed by atoms with E-state index in [9.17, 15) is 0 Å². The monoisotopic (exact) mass is 284 g/mol. The van der Waals surface area contributed by atoms with E-state index in [-0.39, 0.29) is 0 Å². The predicted octanol–water partition coefficient (Wildman–Crippen LogP) is 2.36. The van der Waals surface area contributed by atoms with Gasteiger partial charge in [0, 0.05) is 37.8 Å². The van der Waals surface area contributed by atoms with Gasteiger partial charge in [0.1, 0.15) is 10.7 Å². The van der Waals surface area contributed by atoms with E-state index in [2.05, 4.69) is 33.7 Å². The van der Waals surface area contributed by atoms with E-state index in [1.54, 1.807) is 0 Å². The zero-order valence-electron chi connectivity index (χ0n) is 11.9. The van der Waals surface area contributed by atoms with Crippen molar-refractivity contribution in [2.24, 2.45) is 0 Å². The number of hydrogen-bond acceptors (Lipinski definition) is 6. The zero-order valence-corrected chi connectivity index (χ0v) is 12.7. The fourth-order valence-corrected chi connectivity index (χ4v) is 2.88. The van der Waals surface area contributed by atoms with Crippen LogP contribution in [0.4, 0.5) is 5.00 Å². The fourth-order valence-electron chi connectivity index (χ4n) is 2.28. The molecule has 0 bridgehead atoms. The molecule has 1 aliphatic rings. The van der Waals surface area contributed by atoms with Gasteiger partial charge in [0.15, 0.2) is 0 Å². The molecule has 1 unspecified atom stereocenters. The van der Waals surface area contributed by atoms with Crippen molar-refractivity contribution < 1.29 is 4.74 Å². The Kier molecular flexibility index (Phi) is 6.00. The quantitative estimate of drug-likeness (QED) is 0.794.